The average Bonchev–Trinajstić information content (AvgIpc) is 2.48. The molecular formula is C16H14N2O. The molecule has 2 rings (SSSR count). The van der Waals surface area contributed by atoms with Crippen molar-refractivity contribution in [3.63, 3.8) is 0 Å². The van der Waals surface area contributed by atoms with Crippen molar-refractivity contribution >= 4 is 11.4 Å². The van der Waals surface area contributed by atoms with Crippen LogP contribution in [-0.4, -0.2) is 12.8 Å². The van der Waals surface area contributed by atoms with E-state index in [1.165, 1.54) is 0 Å². The Hall–Kier alpha value is -2.60. The molecule has 3 nitrogen and oxygen atoms in total. The zero-order chi connectivity index (χ0) is 13.7. The maximum Gasteiger partial charge on any atom is 0.127 e. The van der Waals surface area contributed by atoms with E-state index in [1.807, 2.05) is 43.3 Å². The quantitative estimate of drug-likeness (QED) is 0.779. The van der Waals surface area contributed by atoms with E-state index in [1.54, 1.807) is 19.2 Å². The molecule has 2 aromatic rings. The van der Waals surface area contributed by atoms with Gasteiger partial charge in [-0.25, -0.2) is 0 Å². The first-order chi connectivity index (χ1) is 9.24. The van der Waals surface area contributed by atoms with Crippen LogP contribution in [0.2, 0.25) is 0 Å². The van der Waals surface area contributed by atoms with Gasteiger partial charge in [0.05, 0.1) is 24.4 Å². The first-order valence-electron chi connectivity index (χ1n) is 5.93. The van der Waals surface area contributed by atoms with Crippen molar-refractivity contribution in [2.24, 2.45) is 4.99 Å². The van der Waals surface area contributed by atoms with Crippen LogP contribution in [0.25, 0.3) is 0 Å². The molecule has 0 N–H and O–H groups in total. The van der Waals surface area contributed by atoms with Crippen molar-refractivity contribution in [3.05, 3.63) is 59.7 Å². The van der Waals surface area contributed by atoms with Gasteiger partial charge in [0.2, 0.25) is 0 Å². The minimum atomic E-state index is 0.633. The molecule has 0 unspecified atom stereocenters. The Labute approximate surface area is 112 Å². The van der Waals surface area contributed by atoms with E-state index in [0.717, 1.165) is 22.7 Å². The van der Waals surface area contributed by atoms with Crippen LogP contribution in [0, 0.1) is 11.3 Å². The lowest BCUT2D eigenvalue weighted by atomic mass is 10.1. The molecule has 0 atom stereocenters. The Bertz CT molecular complexity index is 637. The van der Waals surface area contributed by atoms with Crippen LogP contribution in [0.3, 0.4) is 0 Å². The van der Waals surface area contributed by atoms with Crippen LogP contribution in [0.5, 0.6) is 5.75 Å². The minimum Gasteiger partial charge on any atom is -0.496 e. The number of nitrogens with zero attached hydrogens (tertiary/aromatic N) is 2. The molecule has 0 aliphatic carbocycles. The van der Waals surface area contributed by atoms with Gasteiger partial charge >= 0.3 is 0 Å². The second-order valence-electron chi connectivity index (χ2n) is 4.06. The van der Waals surface area contributed by atoms with Crippen molar-refractivity contribution in [1.29, 1.82) is 5.26 Å². The Morgan fingerprint density at radius 3 is 2.42 bits per heavy atom. The monoisotopic (exact) mass is 250 g/mol. The van der Waals surface area contributed by atoms with Gasteiger partial charge in [-0.2, -0.15) is 5.26 Å². The number of rotatable bonds is 3. The highest BCUT2D eigenvalue weighted by Crippen LogP contribution is 2.21. The van der Waals surface area contributed by atoms with E-state index in [9.17, 15) is 0 Å². The summed E-state index contributed by atoms with van der Waals surface area (Å²) in [5, 5.41) is 8.75. The lowest BCUT2D eigenvalue weighted by Gasteiger charge is -2.07. The summed E-state index contributed by atoms with van der Waals surface area (Å²) in [4.78, 5) is 4.54. The molecule has 0 radical (unpaired) electrons. The van der Waals surface area contributed by atoms with Crippen molar-refractivity contribution in [3.8, 4) is 11.8 Å². The first-order valence-corrected chi connectivity index (χ1v) is 5.93. The highest BCUT2D eigenvalue weighted by atomic mass is 16.5. The second-order valence-corrected chi connectivity index (χ2v) is 4.06. The van der Waals surface area contributed by atoms with Gasteiger partial charge in [0.25, 0.3) is 0 Å². The van der Waals surface area contributed by atoms with Gasteiger partial charge in [-0.05, 0) is 43.3 Å². The number of methoxy groups -OCH3 is 1. The standard InChI is InChI=1S/C16H14N2O/c1-12(15-5-3-4-6-16(15)19-2)18-14-9-7-13(11-17)8-10-14/h3-10H,1-2H3. The van der Waals surface area contributed by atoms with E-state index in [-0.39, 0.29) is 0 Å². The largest absolute Gasteiger partial charge is 0.496 e. The van der Waals surface area contributed by atoms with Gasteiger partial charge in [-0.3, -0.25) is 4.99 Å². The van der Waals surface area contributed by atoms with Gasteiger partial charge in [0.15, 0.2) is 0 Å². The summed E-state index contributed by atoms with van der Waals surface area (Å²) in [6, 6.07) is 17.0. The molecule has 2 aromatic carbocycles. The van der Waals surface area contributed by atoms with Gasteiger partial charge in [0.1, 0.15) is 5.75 Å². The number of aliphatic imine (C=N–C) groups is 1. The zero-order valence-corrected chi connectivity index (χ0v) is 10.9. The van der Waals surface area contributed by atoms with Crippen LogP contribution in [0.15, 0.2) is 53.5 Å². The van der Waals surface area contributed by atoms with Crippen molar-refractivity contribution in [2.75, 3.05) is 7.11 Å². The van der Waals surface area contributed by atoms with E-state index in [0.29, 0.717) is 5.56 Å². The zero-order valence-electron chi connectivity index (χ0n) is 10.9. The molecule has 0 aromatic heterocycles. The third-order valence-electron chi connectivity index (χ3n) is 2.79. The Kier molecular flexibility index (Phi) is 3.94. The number of nitriles is 1. The maximum absolute atomic E-state index is 8.75. The smallest absolute Gasteiger partial charge is 0.127 e. The van der Waals surface area contributed by atoms with Crippen LogP contribution in [-0.2, 0) is 0 Å². The summed E-state index contributed by atoms with van der Waals surface area (Å²) in [5.41, 5.74) is 3.30. The Morgan fingerprint density at radius 2 is 1.79 bits per heavy atom. The predicted octanol–water partition coefficient (Wildman–Crippen LogP) is 3.71. The number of ether oxygens (including phenoxy) is 1. The first kappa shape index (κ1) is 12.8. The fraction of sp³-hybridized carbons (Fsp3) is 0.125. The fourth-order valence-corrected chi connectivity index (χ4v) is 1.81. The molecule has 94 valence electrons. The molecule has 0 bridgehead atoms. The average molecular weight is 250 g/mol. The van der Waals surface area contributed by atoms with Crippen LogP contribution in [0.1, 0.15) is 18.1 Å². The highest BCUT2D eigenvalue weighted by molar-refractivity contribution is 6.02. The molecule has 3 heteroatoms. The van der Waals surface area contributed by atoms with Crippen molar-refractivity contribution in [2.45, 2.75) is 6.92 Å². The summed E-state index contributed by atoms with van der Waals surface area (Å²) in [5.74, 6) is 0.803. The molecular weight excluding hydrogens is 236 g/mol. The Balaban J connectivity index is 2.34. The summed E-state index contributed by atoms with van der Waals surface area (Å²) in [6.45, 7) is 1.94. The second kappa shape index (κ2) is 5.83. The summed E-state index contributed by atoms with van der Waals surface area (Å²) in [7, 11) is 1.65. The maximum atomic E-state index is 8.75. The Morgan fingerprint density at radius 1 is 1.11 bits per heavy atom. The van der Waals surface area contributed by atoms with Crippen LogP contribution >= 0.6 is 0 Å². The number of hydrogen-bond acceptors (Lipinski definition) is 3. The molecule has 0 amide bonds. The van der Waals surface area contributed by atoms with Crippen LogP contribution in [0.4, 0.5) is 5.69 Å². The molecule has 0 fully saturated rings. The number of hydrogen-bond donors (Lipinski definition) is 0. The molecule has 19 heavy (non-hydrogen) atoms. The minimum absolute atomic E-state index is 0.633. The highest BCUT2D eigenvalue weighted by Gasteiger charge is 2.04. The number of para-hydroxylation sites is 1. The number of benzene rings is 2. The topological polar surface area (TPSA) is 45.4 Å². The molecule has 0 saturated carbocycles. The lowest BCUT2D eigenvalue weighted by molar-refractivity contribution is 0.414. The summed E-state index contributed by atoms with van der Waals surface area (Å²) < 4.78 is 5.32. The molecule has 0 aliphatic heterocycles. The fourth-order valence-electron chi connectivity index (χ4n) is 1.81. The van der Waals surface area contributed by atoms with Gasteiger partial charge in [-0.15, -0.1) is 0 Å². The lowest BCUT2D eigenvalue weighted by Crippen LogP contribution is -1.98. The third kappa shape index (κ3) is 2.99. The molecule has 0 spiro atoms. The molecule has 0 aliphatic rings. The van der Waals surface area contributed by atoms with Gasteiger partial charge in [-0.1, -0.05) is 12.1 Å². The van der Waals surface area contributed by atoms with Crippen molar-refractivity contribution < 1.29 is 4.74 Å². The van der Waals surface area contributed by atoms with E-state index in [2.05, 4.69) is 11.1 Å². The molecule has 0 heterocycles. The predicted molar refractivity (Wildman–Crippen MR) is 76.0 cm³/mol. The van der Waals surface area contributed by atoms with Gasteiger partial charge < -0.3 is 4.74 Å². The third-order valence-corrected chi connectivity index (χ3v) is 2.79. The SMILES string of the molecule is COc1ccccc1C(C)=Nc1ccc(C#N)cc1. The van der Waals surface area contributed by atoms with E-state index < -0.39 is 0 Å². The van der Waals surface area contributed by atoms with Gasteiger partial charge in [0, 0.05) is 11.3 Å². The van der Waals surface area contributed by atoms with E-state index >= 15 is 0 Å². The van der Waals surface area contributed by atoms with E-state index in [4.69, 9.17) is 10.00 Å². The van der Waals surface area contributed by atoms with Crippen molar-refractivity contribution in [1.82, 2.24) is 0 Å². The van der Waals surface area contributed by atoms with Crippen LogP contribution < -0.4 is 4.74 Å². The molecule has 0 saturated heterocycles. The normalized spacial score (nSPS) is 10.9. The summed E-state index contributed by atoms with van der Waals surface area (Å²) >= 11 is 0. The summed E-state index contributed by atoms with van der Waals surface area (Å²) in [6.07, 6.45) is 0.